The van der Waals surface area contributed by atoms with Crippen LogP contribution < -0.4 is 0 Å². The SMILES string of the molecule is Cc1cc(CO)cnc1-n1cncn1. The quantitative estimate of drug-likeness (QED) is 0.747. The van der Waals surface area contributed by atoms with E-state index in [-0.39, 0.29) is 6.61 Å². The molecule has 2 heterocycles. The summed E-state index contributed by atoms with van der Waals surface area (Å²) < 4.78 is 1.59. The highest BCUT2D eigenvalue weighted by Crippen LogP contribution is 2.10. The Balaban J connectivity index is 2.46. The molecule has 2 rings (SSSR count). The van der Waals surface area contributed by atoms with Gasteiger partial charge in [0.2, 0.25) is 0 Å². The Morgan fingerprint density at radius 3 is 2.93 bits per heavy atom. The van der Waals surface area contributed by atoms with Gasteiger partial charge in [-0.2, -0.15) is 5.10 Å². The molecule has 2 aromatic rings. The predicted molar refractivity (Wildman–Crippen MR) is 49.8 cm³/mol. The van der Waals surface area contributed by atoms with Gasteiger partial charge in [-0.1, -0.05) is 0 Å². The third-order valence-corrected chi connectivity index (χ3v) is 1.93. The first-order valence-corrected chi connectivity index (χ1v) is 4.22. The number of aryl methyl sites for hydroxylation is 1. The normalized spacial score (nSPS) is 10.4. The lowest BCUT2D eigenvalue weighted by molar-refractivity contribution is 0.281. The van der Waals surface area contributed by atoms with Crippen molar-refractivity contribution in [3.8, 4) is 5.82 Å². The summed E-state index contributed by atoms with van der Waals surface area (Å²) in [7, 11) is 0. The van der Waals surface area contributed by atoms with Crippen molar-refractivity contribution in [3.63, 3.8) is 0 Å². The first kappa shape index (κ1) is 8.83. The lowest BCUT2D eigenvalue weighted by Crippen LogP contribution is -2.01. The third-order valence-electron chi connectivity index (χ3n) is 1.93. The summed E-state index contributed by atoms with van der Waals surface area (Å²) in [6, 6.07) is 1.88. The Bertz CT molecular complexity index is 424. The zero-order valence-corrected chi connectivity index (χ0v) is 7.75. The Morgan fingerprint density at radius 2 is 2.36 bits per heavy atom. The van der Waals surface area contributed by atoms with Crippen LogP contribution in [0.3, 0.4) is 0 Å². The molecule has 1 N–H and O–H groups in total. The van der Waals surface area contributed by atoms with E-state index in [2.05, 4.69) is 15.1 Å². The highest BCUT2D eigenvalue weighted by atomic mass is 16.3. The summed E-state index contributed by atoms with van der Waals surface area (Å²) in [6.45, 7) is 1.93. The zero-order chi connectivity index (χ0) is 9.97. The van der Waals surface area contributed by atoms with E-state index in [1.165, 1.54) is 6.33 Å². The monoisotopic (exact) mass is 190 g/mol. The standard InChI is InChI=1S/C9H10N4O/c1-7-2-8(4-14)3-11-9(7)13-6-10-5-12-13/h2-3,5-6,14H,4H2,1H3. The summed E-state index contributed by atoms with van der Waals surface area (Å²) >= 11 is 0. The molecule has 5 heteroatoms. The van der Waals surface area contributed by atoms with E-state index in [0.717, 1.165) is 16.9 Å². The minimum atomic E-state index is 0.00543. The van der Waals surface area contributed by atoms with E-state index in [1.54, 1.807) is 17.2 Å². The average Bonchev–Trinajstić information content (AvgIpc) is 2.70. The van der Waals surface area contributed by atoms with Crippen LogP contribution in [0.4, 0.5) is 0 Å². The van der Waals surface area contributed by atoms with Gasteiger partial charge in [0.15, 0.2) is 5.82 Å². The van der Waals surface area contributed by atoms with Crippen LogP contribution in [0.1, 0.15) is 11.1 Å². The Kier molecular flexibility index (Phi) is 2.24. The second-order valence-corrected chi connectivity index (χ2v) is 2.98. The topological polar surface area (TPSA) is 63.8 Å². The van der Waals surface area contributed by atoms with Gasteiger partial charge in [-0.3, -0.25) is 0 Å². The molecule has 5 nitrogen and oxygen atoms in total. The molecule has 2 aromatic heterocycles. The van der Waals surface area contributed by atoms with Gasteiger partial charge in [0.1, 0.15) is 12.7 Å². The molecule has 0 aliphatic rings. The molecule has 0 saturated carbocycles. The van der Waals surface area contributed by atoms with Gasteiger partial charge in [0, 0.05) is 6.20 Å². The molecule has 0 spiro atoms. The summed E-state index contributed by atoms with van der Waals surface area (Å²) in [5.74, 6) is 0.736. The minimum absolute atomic E-state index is 0.00543. The number of hydrogen-bond donors (Lipinski definition) is 1. The molecule has 0 aromatic carbocycles. The van der Waals surface area contributed by atoms with Crippen LogP contribution in [0.5, 0.6) is 0 Å². The fourth-order valence-electron chi connectivity index (χ4n) is 1.27. The molecule has 72 valence electrons. The maximum atomic E-state index is 8.91. The van der Waals surface area contributed by atoms with Crippen molar-refractivity contribution in [3.05, 3.63) is 36.0 Å². The van der Waals surface area contributed by atoms with Crippen molar-refractivity contribution < 1.29 is 5.11 Å². The fraction of sp³-hybridized carbons (Fsp3) is 0.222. The van der Waals surface area contributed by atoms with Crippen LogP contribution in [0.25, 0.3) is 5.82 Å². The van der Waals surface area contributed by atoms with Crippen LogP contribution in [-0.4, -0.2) is 24.9 Å². The molecule has 0 fully saturated rings. The van der Waals surface area contributed by atoms with E-state index in [0.29, 0.717) is 0 Å². The van der Waals surface area contributed by atoms with Gasteiger partial charge < -0.3 is 5.11 Å². The van der Waals surface area contributed by atoms with Gasteiger partial charge in [0.25, 0.3) is 0 Å². The van der Waals surface area contributed by atoms with Crippen LogP contribution in [-0.2, 0) is 6.61 Å². The summed E-state index contributed by atoms with van der Waals surface area (Å²) in [4.78, 5) is 8.04. The molecule has 0 aliphatic carbocycles. The van der Waals surface area contributed by atoms with Crippen LogP contribution in [0, 0.1) is 6.92 Å². The molecular weight excluding hydrogens is 180 g/mol. The largest absolute Gasteiger partial charge is 0.392 e. The predicted octanol–water partition coefficient (Wildman–Crippen LogP) is 0.463. The van der Waals surface area contributed by atoms with E-state index in [4.69, 9.17) is 5.11 Å². The fourth-order valence-corrected chi connectivity index (χ4v) is 1.27. The van der Waals surface area contributed by atoms with E-state index in [9.17, 15) is 0 Å². The van der Waals surface area contributed by atoms with Crippen molar-refractivity contribution >= 4 is 0 Å². The second-order valence-electron chi connectivity index (χ2n) is 2.98. The van der Waals surface area contributed by atoms with E-state index >= 15 is 0 Å². The van der Waals surface area contributed by atoms with Crippen molar-refractivity contribution in [1.82, 2.24) is 19.7 Å². The summed E-state index contributed by atoms with van der Waals surface area (Å²) in [5, 5.41) is 12.9. The number of aromatic nitrogens is 4. The first-order chi connectivity index (χ1) is 6.81. The highest BCUT2D eigenvalue weighted by Gasteiger charge is 2.03. The lowest BCUT2D eigenvalue weighted by Gasteiger charge is -2.04. The van der Waals surface area contributed by atoms with Crippen LogP contribution in [0.15, 0.2) is 24.9 Å². The lowest BCUT2D eigenvalue weighted by atomic mass is 10.2. The molecule has 0 bridgehead atoms. The molecular formula is C9H10N4O. The van der Waals surface area contributed by atoms with Gasteiger partial charge in [-0.25, -0.2) is 14.6 Å². The Morgan fingerprint density at radius 1 is 1.50 bits per heavy atom. The van der Waals surface area contributed by atoms with Gasteiger partial charge in [-0.05, 0) is 24.1 Å². The Labute approximate surface area is 81.1 Å². The zero-order valence-electron chi connectivity index (χ0n) is 7.75. The van der Waals surface area contributed by atoms with Crippen molar-refractivity contribution in [2.24, 2.45) is 0 Å². The molecule has 0 saturated heterocycles. The summed E-state index contributed by atoms with van der Waals surface area (Å²) in [5.41, 5.74) is 1.76. The van der Waals surface area contributed by atoms with Crippen molar-refractivity contribution in [2.45, 2.75) is 13.5 Å². The van der Waals surface area contributed by atoms with Crippen molar-refractivity contribution in [1.29, 1.82) is 0 Å². The van der Waals surface area contributed by atoms with Gasteiger partial charge >= 0.3 is 0 Å². The maximum Gasteiger partial charge on any atom is 0.158 e. The minimum Gasteiger partial charge on any atom is -0.392 e. The first-order valence-electron chi connectivity index (χ1n) is 4.22. The molecule has 0 radical (unpaired) electrons. The van der Waals surface area contributed by atoms with E-state index < -0.39 is 0 Å². The van der Waals surface area contributed by atoms with Crippen LogP contribution in [0.2, 0.25) is 0 Å². The number of nitrogens with zero attached hydrogens (tertiary/aromatic N) is 4. The molecule has 0 amide bonds. The average molecular weight is 190 g/mol. The van der Waals surface area contributed by atoms with Crippen molar-refractivity contribution in [2.75, 3.05) is 0 Å². The molecule has 0 aliphatic heterocycles. The molecule has 0 unspecified atom stereocenters. The highest BCUT2D eigenvalue weighted by molar-refractivity contribution is 5.33. The second kappa shape index (κ2) is 3.55. The third kappa shape index (κ3) is 1.49. The number of aliphatic hydroxyl groups excluding tert-OH is 1. The van der Waals surface area contributed by atoms with E-state index in [1.807, 2.05) is 13.0 Å². The number of pyridine rings is 1. The number of hydrogen-bond acceptors (Lipinski definition) is 4. The Hall–Kier alpha value is -1.75. The number of rotatable bonds is 2. The van der Waals surface area contributed by atoms with Crippen LogP contribution >= 0.6 is 0 Å². The number of aliphatic hydroxyl groups is 1. The molecule has 14 heavy (non-hydrogen) atoms. The summed E-state index contributed by atoms with van der Waals surface area (Å²) in [6.07, 6.45) is 4.68. The molecule has 0 atom stereocenters. The smallest absolute Gasteiger partial charge is 0.158 e. The van der Waals surface area contributed by atoms with Gasteiger partial charge in [0.05, 0.1) is 6.61 Å². The maximum absolute atomic E-state index is 8.91. The van der Waals surface area contributed by atoms with Gasteiger partial charge in [-0.15, -0.1) is 0 Å².